The maximum Gasteiger partial charge on any atom is 0.236 e. The van der Waals surface area contributed by atoms with E-state index in [0.717, 1.165) is 10.9 Å². The van der Waals surface area contributed by atoms with Crippen LogP contribution in [0.15, 0.2) is 30.5 Å². The number of alkyl halides is 1. The first-order valence-electron chi connectivity index (χ1n) is 6.56. The molecule has 0 saturated heterocycles. The molecule has 2 aromatic rings. The molecule has 0 aliphatic carbocycles. The molecule has 20 heavy (non-hydrogen) atoms. The molecule has 4 heteroatoms. The molecule has 0 amide bonds. The topological polar surface area (TPSA) is 39.1 Å². The number of halogens is 1. The third kappa shape index (κ3) is 2.63. The molecule has 1 heterocycles. The summed E-state index contributed by atoms with van der Waals surface area (Å²) < 4.78 is 1.60. The number of aromatic nitrogens is 1. The lowest BCUT2D eigenvalue weighted by molar-refractivity contribution is 0.0772. The number of Topliss-reactive ketones (excluding diaryl/α,β-unsaturated/α-hetero) is 1. The second-order valence-electron chi connectivity index (χ2n) is 5.99. The number of benzene rings is 1. The Morgan fingerprint density at radius 3 is 2.40 bits per heavy atom. The van der Waals surface area contributed by atoms with Crippen LogP contribution in [0.4, 0.5) is 0 Å². The average molecular weight is 292 g/mol. The fourth-order valence-electron chi connectivity index (χ4n) is 2.05. The van der Waals surface area contributed by atoms with Gasteiger partial charge in [-0.2, -0.15) is 0 Å². The molecule has 0 aliphatic heterocycles. The number of carbonyl (C=O) groups excluding carboxylic acids is 2. The maximum absolute atomic E-state index is 12.4. The Morgan fingerprint density at radius 1 is 1.20 bits per heavy atom. The number of fused-ring (bicyclic) bond motifs is 1. The van der Waals surface area contributed by atoms with Crippen LogP contribution in [0.25, 0.3) is 10.9 Å². The molecule has 0 bridgehead atoms. The van der Waals surface area contributed by atoms with Crippen molar-refractivity contribution in [3.05, 3.63) is 36.0 Å². The maximum atomic E-state index is 12.4. The van der Waals surface area contributed by atoms with Gasteiger partial charge in [-0.05, 0) is 19.1 Å². The van der Waals surface area contributed by atoms with Crippen LogP contribution in [0, 0.1) is 5.41 Å². The van der Waals surface area contributed by atoms with Crippen molar-refractivity contribution in [2.45, 2.75) is 33.1 Å². The van der Waals surface area contributed by atoms with Crippen LogP contribution >= 0.6 is 11.6 Å². The molecule has 0 aliphatic rings. The molecule has 2 rings (SSSR count). The van der Waals surface area contributed by atoms with Gasteiger partial charge in [-0.3, -0.25) is 14.2 Å². The molecule has 0 N–H and O–H groups in total. The fraction of sp³-hybridized carbons (Fsp3) is 0.375. The number of rotatable bonds is 2. The minimum atomic E-state index is -0.575. The average Bonchev–Trinajstić information content (AvgIpc) is 2.78. The van der Waals surface area contributed by atoms with Crippen molar-refractivity contribution in [1.82, 2.24) is 4.57 Å². The number of nitrogens with zero attached hydrogens (tertiary/aromatic N) is 1. The zero-order valence-electron chi connectivity index (χ0n) is 12.1. The van der Waals surface area contributed by atoms with E-state index in [2.05, 4.69) is 0 Å². The van der Waals surface area contributed by atoms with Crippen LogP contribution in [0.3, 0.4) is 0 Å². The SMILES string of the molecule is CC(Cl)C(=O)c1ccc2ccn(C(=O)C(C)(C)C)c2c1. The van der Waals surface area contributed by atoms with Crippen molar-refractivity contribution in [1.29, 1.82) is 0 Å². The molecule has 1 unspecified atom stereocenters. The summed E-state index contributed by atoms with van der Waals surface area (Å²) in [6.07, 6.45) is 1.75. The van der Waals surface area contributed by atoms with Crippen molar-refractivity contribution in [2.75, 3.05) is 0 Å². The first-order chi connectivity index (χ1) is 9.21. The highest BCUT2D eigenvalue weighted by atomic mass is 35.5. The molecule has 3 nitrogen and oxygen atoms in total. The van der Waals surface area contributed by atoms with Crippen molar-refractivity contribution in [3.8, 4) is 0 Å². The van der Waals surface area contributed by atoms with Crippen LogP contribution in [0.2, 0.25) is 0 Å². The van der Waals surface area contributed by atoms with Crippen LogP contribution in [0.5, 0.6) is 0 Å². The molecule has 0 spiro atoms. The Hall–Kier alpha value is -1.61. The van der Waals surface area contributed by atoms with Gasteiger partial charge >= 0.3 is 0 Å². The highest BCUT2D eigenvalue weighted by molar-refractivity contribution is 6.33. The molecule has 0 radical (unpaired) electrons. The Morgan fingerprint density at radius 2 is 1.85 bits per heavy atom. The minimum absolute atomic E-state index is 0.00368. The second kappa shape index (κ2) is 5.06. The number of hydrogen-bond donors (Lipinski definition) is 0. The summed E-state index contributed by atoms with van der Waals surface area (Å²) in [6.45, 7) is 7.26. The summed E-state index contributed by atoms with van der Waals surface area (Å²) in [5.74, 6) is -0.138. The molecule has 0 saturated carbocycles. The van der Waals surface area contributed by atoms with Gasteiger partial charge in [-0.1, -0.05) is 32.9 Å². The van der Waals surface area contributed by atoms with E-state index in [1.165, 1.54) is 0 Å². The molecule has 1 aromatic heterocycles. The standard InChI is InChI=1S/C16H18ClNO2/c1-10(17)14(19)12-6-5-11-7-8-18(13(11)9-12)15(20)16(2,3)4/h5-10H,1-4H3. The lowest BCUT2D eigenvalue weighted by Crippen LogP contribution is -2.26. The van der Waals surface area contributed by atoms with E-state index in [9.17, 15) is 9.59 Å². The molecule has 1 aromatic carbocycles. The van der Waals surface area contributed by atoms with Crippen LogP contribution in [0.1, 0.15) is 42.8 Å². The summed E-state index contributed by atoms with van der Waals surface area (Å²) >= 11 is 5.84. The van der Waals surface area contributed by atoms with Crippen LogP contribution in [-0.4, -0.2) is 21.6 Å². The molecule has 1 atom stereocenters. The van der Waals surface area contributed by atoms with Gasteiger partial charge in [0.25, 0.3) is 0 Å². The summed E-state index contributed by atoms with van der Waals surface area (Å²) in [4.78, 5) is 24.4. The smallest absolute Gasteiger partial charge is 0.236 e. The Bertz CT molecular complexity index is 677. The summed E-state index contributed by atoms with van der Waals surface area (Å²) in [6, 6.07) is 7.20. The molecule has 106 valence electrons. The van der Waals surface area contributed by atoms with E-state index in [-0.39, 0.29) is 11.7 Å². The highest BCUT2D eigenvalue weighted by Gasteiger charge is 2.24. The van der Waals surface area contributed by atoms with Crippen molar-refractivity contribution in [3.63, 3.8) is 0 Å². The molecule has 0 fully saturated rings. The quantitative estimate of drug-likeness (QED) is 0.616. The molecular weight excluding hydrogens is 274 g/mol. The number of hydrogen-bond acceptors (Lipinski definition) is 2. The van der Waals surface area contributed by atoms with Crippen molar-refractivity contribution in [2.24, 2.45) is 5.41 Å². The van der Waals surface area contributed by atoms with Gasteiger partial charge in [0, 0.05) is 22.6 Å². The molecular formula is C16H18ClNO2. The van der Waals surface area contributed by atoms with E-state index < -0.39 is 10.8 Å². The monoisotopic (exact) mass is 291 g/mol. The van der Waals surface area contributed by atoms with Gasteiger partial charge < -0.3 is 0 Å². The van der Waals surface area contributed by atoms with Crippen LogP contribution in [-0.2, 0) is 0 Å². The summed E-state index contributed by atoms with van der Waals surface area (Å²) in [5, 5.41) is 0.357. The van der Waals surface area contributed by atoms with Gasteiger partial charge in [0.1, 0.15) is 0 Å². The first-order valence-corrected chi connectivity index (χ1v) is 6.99. The number of ketones is 1. The predicted molar refractivity (Wildman–Crippen MR) is 81.7 cm³/mol. The van der Waals surface area contributed by atoms with E-state index in [4.69, 9.17) is 11.6 Å². The Kier molecular flexibility index (Phi) is 3.74. The Balaban J connectivity index is 2.57. The normalized spacial score (nSPS) is 13.4. The summed E-state index contributed by atoms with van der Waals surface area (Å²) in [5.41, 5.74) is 0.793. The number of carbonyl (C=O) groups is 2. The van der Waals surface area contributed by atoms with E-state index in [1.807, 2.05) is 32.9 Å². The summed E-state index contributed by atoms with van der Waals surface area (Å²) in [7, 11) is 0. The lowest BCUT2D eigenvalue weighted by Gasteiger charge is -2.18. The van der Waals surface area contributed by atoms with E-state index in [1.54, 1.807) is 29.8 Å². The largest absolute Gasteiger partial charge is 0.293 e. The first kappa shape index (κ1) is 14.8. The lowest BCUT2D eigenvalue weighted by atomic mass is 9.95. The third-order valence-corrected chi connectivity index (χ3v) is 3.40. The van der Waals surface area contributed by atoms with Gasteiger partial charge in [-0.25, -0.2) is 0 Å². The Labute approximate surface area is 123 Å². The zero-order chi connectivity index (χ0) is 15.1. The third-order valence-electron chi connectivity index (χ3n) is 3.20. The highest BCUT2D eigenvalue weighted by Crippen LogP contribution is 2.24. The van der Waals surface area contributed by atoms with Crippen LogP contribution < -0.4 is 0 Å². The zero-order valence-corrected chi connectivity index (χ0v) is 12.9. The van der Waals surface area contributed by atoms with Gasteiger partial charge in [0.15, 0.2) is 5.78 Å². The van der Waals surface area contributed by atoms with E-state index in [0.29, 0.717) is 5.56 Å². The van der Waals surface area contributed by atoms with Gasteiger partial charge in [-0.15, -0.1) is 11.6 Å². The van der Waals surface area contributed by atoms with Gasteiger partial charge in [0.2, 0.25) is 5.91 Å². The second-order valence-corrected chi connectivity index (χ2v) is 6.65. The fourth-order valence-corrected chi connectivity index (χ4v) is 2.18. The predicted octanol–water partition coefficient (Wildman–Crippen LogP) is 4.14. The van der Waals surface area contributed by atoms with E-state index >= 15 is 0 Å². The van der Waals surface area contributed by atoms with Crippen molar-refractivity contribution >= 4 is 34.2 Å². The minimum Gasteiger partial charge on any atom is -0.293 e. The van der Waals surface area contributed by atoms with Gasteiger partial charge in [0.05, 0.1) is 10.9 Å². The van der Waals surface area contributed by atoms with Crippen molar-refractivity contribution < 1.29 is 9.59 Å².